The Morgan fingerprint density at radius 3 is 0.802 bits per heavy atom. The van der Waals surface area contributed by atoms with Crippen molar-refractivity contribution in [2.75, 3.05) is 0 Å². The Bertz CT molecular complexity index is 6120. The van der Waals surface area contributed by atoms with Gasteiger partial charge in [-0.3, -0.25) is 19.9 Å². The first-order chi connectivity index (χ1) is 52.5. The summed E-state index contributed by atoms with van der Waals surface area (Å²) in [6, 6.07) is 121. The summed E-state index contributed by atoms with van der Waals surface area (Å²) in [5, 5.41) is 2.29. The van der Waals surface area contributed by atoms with Crippen LogP contribution in [0.1, 0.15) is 0 Å². The highest BCUT2D eigenvalue weighted by atomic mass is 14.9. The third kappa shape index (κ3) is 13.1. The van der Waals surface area contributed by atoms with Crippen LogP contribution in [0.5, 0.6) is 0 Å². The number of nitrogens with zero attached hydrogens (tertiary/aromatic N) is 10. The van der Waals surface area contributed by atoms with Crippen molar-refractivity contribution in [2.45, 2.75) is 0 Å². The molecule has 0 aliphatic heterocycles. The highest BCUT2D eigenvalue weighted by Crippen LogP contribution is 2.43. The first kappa shape index (κ1) is 63.7. The number of fused-ring (bicyclic) bond motifs is 1. The van der Waals surface area contributed by atoms with Gasteiger partial charge in [-0.15, -0.1) is 0 Å². The molecule has 0 saturated carbocycles. The molecule has 8 aromatic heterocycles. The maximum atomic E-state index is 5.73. The van der Waals surface area contributed by atoms with E-state index in [2.05, 4.69) is 265 Å². The van der Waals surface area contributed by atoms with Crippen molar-refractivity contribution in [2.24, 2.45) is 0 Å². The molecule has 0 bridgehead atoms. The van der Waals surface area contributed by atoms with Gasteiger partial charge in [-0.1, -0.05) is 273 Å². The quantitative estimate of drug-likeness (QED) is 0.0922. The Balaban J connectivity index is 0.695. The standard InChI is InChI=1S/C96H62N10/c1-5-22-63(23-6-1)75-32-21-33-76(56-75)95-93(72-46-39-66(40-47-72)79-58-85(81-34-15-18-53-97-81)101-86(59-79)82-35-16-19-54-98-82)104-92(91(105-95)70-29-11-4-12-30-70)71-44-37-65(38-45-71)78-51-52-84(100-62-78)88-61-80(60-87(102-88)83-36-17-20-55-99-83)67-41-48-73(49-42-67)94-96(77-50-43-64-24-13-14-31-74(64)57-77)106-90(69-27-9-3-10-28-69)89(103-94)68-25-7-2-8-26-68/h1-62H. The zero-order valence-electron chi connectivity index (χ0n) is 57.3. The predicted molar refractivity (Wildman–Crippen MR) is 429 cm³/mol. The average Bonchev–Trinajstić information content (AvgIpc) is 0.762. The van der Waals surface area contributed by atoms with Crippen LogP contribution in [0.3, 0.4) is 0 Å². The third-order valence-electron chi connectivity index (χ3n) is 19.1. The molecule has 0 atom stereocenters. The topological polar surface area (TPSA) is 129 Å². The monoisotopic (exact) mass is 1350 g/mol. The van der Waals surface area contributed by atoms with Crippen LogP contribution in [0.25, 0.3) is 191 Å². The van der Waals surface area contributed by atoms with Crippen LogP contribution in [0.2, 0.25) is 0 Å². The van der Waals surface area contributed by atoms with Gasteiger partial charge >= 0.3 is 0 Å². The smallest absolute Gasteiger partial charge is 0.0973 e. The lowest BCUT2D eigenvalue weighted by Gasteiger charge is -2.17. The molecular weight excluding hydrogens is 1290 g/mol. The first-order valence-corrected chi connectivity index (χ1v) is 35.2. The number of rotatable bonds is 16. The molecule has 0 fully saturated rings. The summed E-state index contributed by atoms with van der Waals surface area (Å²) in [6.45, 7) is 0. The molecular formula is C96H62N10. The maximum absolute atomic E-state index is 5.73. The Morgan fingerprint density at radius 1 is 0.132 bits per heavy atom. The van der Waals surface area contributed by atoms with Crippen molar-refractivity contribution in [1.82, 2.24) is 49.8 Å². The zero-order valence-corrected chi connectivity index (χ0v) is 57.3. The highest BCUT2D eigenvalue weighted by molar-refractivity contribution is 5.94. The van der Waals surface area contributed by atoms with Crippen LogP contribution in [0.4, 0.5) is 0 Å². The van der Waals surface area contributed by atoms with Crippen LogP contribution in [0, 0.1) is 0 Å². The van der Waals surface area contributed by atoms with Gasteiger partial charge in [0.1, 0.15) is 0 Å². The minimum absolute atomic E-state index is 0.715. The molecule has 0 aliphatic carbocycles. The number of aromatic nitrogens is 10. The van der Waals surface area contributed by atoms with E-state index in [0.717, 1.165) is 185 Å². The van der Waals surface area contributed by atoms with Crippen molar-refractivity contribution in [1.29, 1.82) is 0 Å². The zero-order chi connectivity index (χ0) is 70.5. The molecule has 0 spiro atoms. The van der Waals surface area contributed by atoms with Crippen LogP contribution in [0.15, 0.2) is 377 Å². The number of hydrogen-bond donors (Lipinski definition) is 0. The van der Waals surface area contributed by atoms with Crippen molar-refractivity contribution < 1.29 is 0 Å². The number of benzene rings is 10. The molecule has 0 unspecified atom stereocenters. The second kappa shape index (κ2) is 28.5. The Hall–Kier alpha value is -14.5. The Morgan fingerprint density at radius 2 is 0.415 bits per heavy atom. The fourth-order valence-electron chi connectivity index (χ4n) is 13.7. The molecule has 0 N–H and O–H groups in total. The highest BCUT2D eigenvalue weighted by Gasteiger charge is 2.24. The molecule has 106 heavy (non-hydrogen) atoms. The summed E-state index contributed by atoms with van der Waals surface area (Å²) >= 11 is 0. The van der Waals surface area contributed by atoms with E-state index in [1.54, 1.807) is 18.6 Å². The van der Waals surface area contributed by atoms with Gasteiger partial charge < -0.3 is 0 Å². The summed E-state index contributed by atoms with van der Waals surface area (Å²) in [5.41, 5.74) is 27.9. The minimum Gasteiger partial charge on any atom is -0.255 e. The fourth-order valence-corrected chi connectivity index (χ4v) is 13.7. The molecule has 18 aromatic rings. The van der Waals surface area contributed by atoms with E-state index in [1.807, 2.05) is 103 Å². The van der Waals surface area contributed by atoms with Gasteiger partial charge in [-0.2, -0.15) is 0 Å². The van der Waals surface area contributed by atoms with E-state index in [4.69, 9.17) is 39.9 Å². The van der Waals surface area contributed by atoms with Gasteiger partial charge in [0.2, 0.25) is 0 Å². The molecule has 10 heteroatoms. The number of pyridine rings is 6. The summed E-state index contributed by atoms with van der Waals surface area (Å²) in [5.74, 6) is 0. The molecule has 8 heterocycles. The number of hydrogen-bond acceptors (Lipinski definition) is 10. The van der Waals surface area contributed by atoms with Crippen LogP contribution in [-0.4, -0.2) is 49.8 Å². The summed E-state index contributed by atoms with van der Waals surface area (Å²) in [6.07, 6.45) is 7.31. The summed E-state index contributed by atoms with van der Waals surface area (Å²) in [4.78, 5) is 52.1. The van der Waals surface area contributed by atoms with Gasteiger partial charge in [-0.05, 0) is 129 Å². The second-order valence-corrected chi connectivity index (χ2v) is 25.9. The molecule has 496 valence electrons. The van der Waals surface area contributed by atoms with E-state index in [1.165, 1.54) is 0 Å². The van der Waals surface area contributed by atoms with Crippen LogP contribution in [-0.2, 0) is 0 Å². The first-order valence-electron chi connectivity index (χ1n) is 35.2. The van der Waals surface area contributed by atoms with Gasteiger partial charge in [0.05, 0.1) is 91.1 Å². The SMILES string of the molecule is c1ccc(-c2cccc(-c3nc(-c4ccccc4)c(-c4ccc(-c5ccc(-c6cc(-c7ccc(-c8nc(-c9ccccc9)c(-c9ccccc9)nc8-c8ccc9ccccc9c8)cc7)cc(-c7ccccn7)n6)nc5)cc4)nc3-c3ccc(-c4cc(-c5ccccn5)nc(-c5ccccn5)c4)cc3)c2)cc1. The third-order valence-corrected chi connectivity index (χ3v) is 19.1. The minimum atomic E-state index is 0.715. The van der Waals surface area contributed by atoms with Gasteiger partial charge in [0.25, 0.3) is 0 Å². The predicted octanol–water partition coefficient (Wildman–Crippen LogP) is 23.5. The lowest BCUT2D eigenvalue weighted by atomic mass is 9.95. The normalized spacial score (nSPS) is 11.2. The molecule has 0 amide bonds. The molecule has 10 nitrogen and oxygen atoms in total. The van der Waals surface area contributed by atoms with Gasteiger partial charge in [-0.25, -0.2) is 29.9 Å². The molecule has 0 aliphatic rings. The van der Waals surface area contributed by atoms with Crippen molar-refractivity contribution in [3.63, 3.8) is 0 Å². The lowest BCUT2D eigenvalue weighted by molar-refractivity contribution is 1.21. The second-order valence-electron chi connectivity index (χ2n) is 25.9. The summed E-state index contributed by atoms with van der Waals surface area (Å²) < 4.78 is 0. The van der Waals surface area contributed by atoms with Crippen molar-refractivity contribution >= 4 is 10.8 Å². The van der Waals surface area contributed by atoms with Crippen LogP contribution < -0.4 is 0 Å². The lowest BCUT2D eigenvalue weighted by Crippen LogP contribution is -2.01. The molecule has 0 radical (unpaired) electrons. The Kier molecular flexibility index (Phi) is 17.1. The van der Waals surface area contributed by atoms with Gasteiger partial charge in [0.15, 0.2) is 0 Å². The van der Waals surface area contributed by atoms with E-state index in [9.17, 15) is 0 Å². The van der Waals surface area contributed by atoms with Crippen LogP contribution >= 0.6 is 0 Å². The van der Waals surface area contributed by atoms with E-state index < -0.39 is 0 Å². The van der Waals surface area contributed by atoms with Crippen molar-refractivity contribution in [3.8, 4) is 180 Å². The van der Waals surface area contributed by atoms with E-state index >= 15 is 0 Å². The van der Waals surface area contributed by atoms with Crippen molar-refractivity contribution in [3.05, 3.63) is 377 Å². The largest absolute Gasteiger partial charge is 0.255 e. The average molecular weight is 1360 g/mol. The molecule has 18 rings (SSSR count). The summed E-state index contributed by atoms with van der Waals surface area (Å²) in [7, 11) is 0. The van der Waals surface area contributed by atoms with E-state index in [0.29, 0.717) is 5.69 Å². The fraction of sp³-hybridized carbons (Fsp3) is 0. The van der Waals surface area contributed by atoms with Gasteiger partial charge in [0, 0.05) is 74.9 Å². The molecule has 10 aromatic carbocycles. The maximum Gasteiger partial charge on any atom is 0.0973 e. The Labute approximate surface area is 613 Å². The van der Waals surface area contributed by atoms with E-state index in [-0.39, 0.29) is 0 Å². The molecule has 0 saturated heterocycles.